The molecule has 37 heavy (non-hydrogen) atoms. The molecule has 4 aromatic rings. The van der Waals surface area contributed by atoms with Gasteiger partial charge in [-0.15, -0.1) is 0 Å². The first-order chi connectivity index (χ1) is 17.8. The van der Waals surface area contributed by atoms with Crippen molar-refractivity contribution in [2.45, 2.75) is 6.42 Å². The highest BCUT2D eigenvalue weighted by Gasteiger charge is 2.28. The third kappa shape index (κ3) is 4.54. The quantitative estimate of drug-likeness (QED) is 0.398. The molecule has 2 heterocycles. The molecule has 0 atom stereocenters. The number of hydrogen-bond acceptors (Lipinski definition) is 4. The molecule has 5 rings (SSSR count). The Morgan fingerprint density at radius 3 is 2.35 bits per heavy atom. The second kappa shape index (κ2) is 9.68. The van der Waals surface area contributed by atoms with Crippen molar-refractivity contribution in [2.24, 2.45) is 0 Å². The van der Waals surface area contributed by atoms with Gasteiger partial charge >= 0.3 is 10.2 Å². The van der Waals surface area contributed by atoms with Crippen LogP contribution in [0.15, 0.2) is 90.8 Å². The topological polar surface area (TPSA) is 91.7 Å². The summed E-state index contributed by atoms with van der Waals surface area (Å²) in [6.07, 6.45) is 3.73. The van der Waals surface area contributed by atoms with Crippen LogP contribution in [-0.4, -0.2) is 49.1 Å². The minimum atomic E-state index is -3.82. The van der Waals surface area contributed by atoms with Gasteiger partial charge in [-0.3, -0.25) is 9.59 Å². The molecule has 1 aromatic heterocycles. The maximum absolute atomic E-state index is 13.8. The van der Waals surface area contributed by atoms with Crippen LogP contribution >= 0.6 is 0 Å². The highest BCUT2D eigenvalue weighted by molar-refractivity contribution is 7.87. The minimum absolute atomic E-state index is 0.0516. The SMILES string of the molecule is CN(C)S(=O)(=O)n1cc(/C=C(\NC(=O)c2ccccc2)C(=O)N2CCc3ccccc32)c2ccccc21. The lowest BCUT2D eigenvalue weighted by Gasteiger charge is -2.20. The van der Waals surface area contributed by atoms with Crippen molar-refractivity contribution in [3.05, 3.63) is 107 Å². The van der Waals surface area contributed by atoms with Crippen LogP contribution in [0.2, 0.25) is 0 Å². The number of carbonyl (C=O) groups excluding carboxylic acids is 2. The van der Waals surface area contributed by atoms with Crippen molar-refractivity contribution >= 4 is 44.7 Å². The van der Waals surface area contributed by atoms with Gasteiger partial charge < -0.3 is 10.2 Å². The normalized spacial score (nSPS) is 13.7. The van der Waals surface area contributed by atoms with Crippen molar-refractivity contribution in [1.29, 1.82) is 0 Å². The Hall–Kier alpha value is -4.21. The molecule has 1 N–H and O–H groups in total. The van der Waals surface area contributed by atoms with Crippen LogP contribution in [0.1, 0.15) is 21.5 Å². The third-order valence-corrected chi connectivity index (χ3v) is 8.09. The van der Waals surface area contributed by atoms with E-state index in [1.807, 2.05) is 24.3 Å². The largest absolute Gasteiger partial charge is 0.317 e. The van der Waals surface area contributed by atoms with Crippen molar-refractivity contribution in [1.82, 2.24) is 13.6 Å². The monoisotopic (exact) mass is 514 g/mol. The standard InChI is InChI=1S/C28H26N4O4S/c1-30(2)37(35,36)32-19-22(23-13-7-9-15-26(23)32)18-24(29-27(33)21-11-4-3-5-12-21)28(34)31-17-16-20-10-6-8-14-25(20)31/h3-15,18-19H,16-17H2,1-2H3,(H,29,33)/b24-18-. The fourth-order valence-corrected chi connectivity index (χ4v) is 5.45. The third-order valence-electron chi connectivity index (χ3n) is 6.37. The number of nitrogens with zero attached hydrogens (tertiary/aromatic N) is 3. The Morgan fingerprint density at radius 1 is 0.919 bits per heavy atom. The van der Waals surface area contributed by atoms with Gasteiger partial charge in [0.25, 0.3) is 11.8 Å². The van der Waals surface area contributed by atoms with Gasteiger partial charge in [0.2, 0.25) is 0 Å². The van der Waals surface area contributed by atoms with Crippen molar-refractivity contribution in [3.63, 3.8) is 0 Å². The number of amides is 2. The first-order valence-electron chi connectivity index (χ1n) is 11.8. The molecule has 188 valence electrons. The Labute approximate surface area is 215 Å². The molecular formula is C28H26N4O4S. The summed E-state index contributed by atoms with van der Waals surface area (Å²) in [5.74, 6) is -0.807. The number of anilines is 1. The molecule has 0 fully saturated rings. The Balaban J connectivity index is 1.63. The second-order valence-electron chi connectivity index (χ2n) is 8.90. The highest BCUT2D eigenvalue weighted by Crippen LogP contribution is 2.30. The number of nitrogens with one attached hydrogen (secondary N) is 1. The van der Waals surface area contributed by atoms with Crippen molar-refractivity contribution < 1.29 is 18.0 Å². The summed E-state index contributed by atoms with van der Waals surface area (Å²) in [4.78, 5) is 28.6. The zero-order valence-corrected chi connectivity index (χ0v) is 21.3. The maximum atomic E-state index is 13.8. The average Bonchev–Trinajstić information content (AvgIpc) is 3.50. The summed E-state index contributed by atoms with van der Waals surface area (Å²) in [5.41, 5.74) is 3.26. The van der Waals surface area contributed by atoms with E-state index in [2.05, 4.69) is 5.32 Å². The van der Waals surface area contributed by atoms with Crippen LogP contribution in [-0.2, 0) is 21.4 Å². The lowest BCUT2D eigenvalue weighted by molar-refractivity contribution is -0.115. The first-order valence-corrected chi connectivity index (χ1v) is 13.2. The molecule has 0 saturated heterocycles. The smallest absolute Gasteiger partial charge is 0.307 e. The molecule has 1 aliphatic rings. The summed E-state index contributed by atoms with van der Waals surface area (Å²) in [6.45, 7) is 0.480. The van der Waals surface area contributed by atoms with E-state index < -0.39 is 16.1 Å². The average molecular weight is 515 g/mol. The Morgan fingerprint density at radius 2 is 1.59 bits per heavy atom. The summed E-state index contributed by atoms with van der Waals surface area (Å²) in [7, 11) is -0.907. The van der Waals surface area contributed by atoms with E-state index in [9.17, 15) is 18.0 Å². The van der Waals surface area contributed by atoms with Gasteiger partial charge in [-0.2, -0.15) is 12.7 Å². The van der Waals surface area contributed by atoms with E-state index in [0.717, 1.165) is 15.6 Å². The summed E-state index contributed by atoms with van der Waals surface area (Å²) >= 11 is 0. The molecule has 8 nitrogen and oxygen atoms in total. The lowest BCUT2D eigenvalue weighted by atomic mass is 10.1. The van der Waals surface area contributed by atoms with E-state index in [1.165, 1.54) is 24.3 Å². The maximum Gasteiger partial charge on any atom is 0.307 e. The molecule has 2 amide bonds. The van der Waals surface area contributed by atoms with E-state index in [4.69, 9.17) is 0 Å². The van der Waals surface area contributed by atoms with E-state index >= 15 is 0 Å². The first kappa shape index (κ1) is 24.5. The molecular weight excluding hydrogens is 488 g/mol. The summed E-state index contributed by atoms with van der Waals surface area (Å²) < 4.78 is 28.3. The van der Waals surface area contributed by atoms with Gasteiger partial charge in [0.05, 0.1) is 5.52 Å². The number of aromatic nitrogens is 1. The second-order valence-corrected chi connectivity index (χ2v) is 10.9. The number of benzene rings is 3. The van der Waals surface area contributed by atoms with Crippen molar-refractivity contribution in [2.75, 3.05) is 25.5 Å². The number of fused-ring (bicyclic) bond motifs is 2. The molecule has 0 saturated carbocycles. The van der Waals surface area contributed by atoms with Crippen LogP contribution in [0.3, 0.4) is 0 Å². The van der Waals surface area contributed by atoms with Gasteiger partial charge in [0.15, 0.2) is 0 Å². The van der Waals surface area contributed by atoms with E-state index in [-0.39, 0.29) is 11.6 Å². The van der Waals surface area contributed by atoms with Gasteiger partial charge in [0, 0.05) is 49.0 Å². The number of rotatable bonds is 6. The van der Waals surface area contributed by atoms with Gasteiger partial charge in [-0.1, -0.05) is 54.6 Å². The zero-order chi connectivity index (χ0) is 26.2. The molecule has 0 unspecified atom stereocenters. The van der Waals surface area contributed by atoms with E-state index in [1.54, 1.807) is 65.6 Å². The predicted octanol–water partition coefficient (Wildman–Crippen LogP) is 3.66. The number of carbonyl (C=O) groups is 2. The summed E-state index contributed by atoms with van der Waals surface area (Å²) in [6, 6.07) is 23.3. The molecule has 1 aliphatic heterocycles. The summed E-state index contributed by atoms with van der Waals surface area (Å²) in [5, 5.41) is 3.42. The van der Waals surface area contributed by atoms with Crippen LogP contribution < -0.4 is 10.2 Å². The van der Waals surface area contributed by atoms with Gasteiger partial charge in [-0.25, -0.2) is 3.97 Å². The lowest BCUT2D eigenvalue weighted by Crippen LogP contribution is -2.37. The Kier molecular flexibility index (Phi) is 6.41. The molecule has 0 radical (unpaired) electrons. The molecule has 3 aromatic carbocycles. The Bertz CT molecular complexity index is 1640. The highest BCUT2D eigenvalue weighted by atomic mass is 32.2. The fraction of sp³-hybridized carbons (Fsp3) is 0.143. The molecule has 0 bridgehead atoms. The van der Waals surface area contributed by atoms with E-state index in [0.29, 0.717) is 35.0 Å². The van der Waals surface area contributed by atoms with Gasteiger partial charge in [-0.05, 0) is 42.3 Å². The van der Waals surface area contributed by atoms with Crippen LogP contribution in [0.5, 0.6) is 0 Å². The number of para-hydroxylation sites is 2. The molecule has 0 spiro atoms. The number of hydrogen-bond donors (Lipinski definition) is 1. The van der Waals surface area contributed by atoms with Crippen LogP contribution in [0, 0.1) is 0 Å². The van der Waals surface area contributed by atoms with Crippen LogP contribution in [0.25, 0.3) is 17.0 Å². The molecule has 9 heteroatoms. The van der Waals surface area contributed by atoms with Gasteiger partial charge in [0.1, 0.15) is 5.70 Å². The predicted molar refractivity (Wildman–Crippen MR) is 144 cm³/mol. The van der Waals surface area contributed by atoms with Crippen LogP contribution in [0.4, 0.5) is 5.69 Å². The molecule has 0 aliphatic carbocycles. The van der Waals surface area contributed by atoms with Crippen molar-refractivity contribution in [3.8, 4) is 0 Å². The fourth-order valence-electron chi connectivity index (χ4n) is 4.44. The minimum Gasteiger partial charge on any atom is -0.317 e. The zero-order valence-electron chi connectivity index (χ0n) is 20.5.